The maximum atomic E-state index is 13.8. The molecule has 2 nitrogen and oxygen atoms in total. The van der Waals surface area contributed by atoms with Crippen LogP contribution in [-0.2, 0) is 0 Å². The Kier molecular flexibility index (Phi) is 4.68. The molecule has 21 heavy (non-hydrogen) atoms. The van der Waals surface area contributed by atoms with Crippen LogP contribution in [0.3, 0.4) is 0 Å². The van der Waals surface area contributed by atoms with Crippen LogP contribution in [-0.4, -0.2) is 14.1 Å². The van der Waals surface area contributed by atoms with E-state index in [0.717, 1.165) is 23.5 Å². The number of hydrogen-bond acceptors (Lipinski definition) is 2. The molecule has 1 unspecified atom stereocenters. The van der Waals surface area contributed by atoms with Crippen molar-refractivity contribution in [2.45, 2.75) is 13.0 Å². The molecule has 5 heteroatoms. The number of halogens is 3. The Labute approximate surface area is 128 Å². The Hall–Kier alpha value is -1.81. The highest BCUT2D eigenvalue weighted by molar-refractivity contribution is 6.31. The van der Waals surface area contributed by atoms with Gasteiger partial charge in [0.1, 0.15) is 11.6 Å². The highest BCUT2D eigenvalue weighted by atomic mass is 35.5. The molecule has 0 fully saturated rings. The van der Waals surface area contributed by atoms with Gasteiger partial charge in [-0.05, 0) is 43.3 Å². The number of nitrogens with zero attached hydrogens (tertiary/aromatic N) is 1. The molecule has 112 valence electrons. The van der Waals surface area contributed by atoms with Crippen molar-refractivity contribution in [1.82, 2.24) is 0 Å². The van der Waals surface area contributed by atoms with Crippen molar-refractivity contribution in [2.24, 2.45) is 0 Å². The summed E-state index contributed by atoms with van der Waals surface area (Å²) in [5.74, 6) is -0.899. The topological polar surface area (TPSA) is 15.3 Å². The zero-order chi connectivity index (χ0) is 15.6. The van der Waals surface area contributed by atoms with Gasteiger partial charge in [0.05, 0.1) is 17.4 Å². The zero-order valence-corrected chi connectivity index (χ0v) is 12.9. The second kappa shape index (κ2) is 6.31. The molecular weight excluding hydrogens is 294 g/mol. The molecule has 0 aliphatic heterocycles. The Morgan fingerprint density at radius 3 is 2.48 bits per heavy atom. The minimum absolute atomic E-state index is 0.277. The van der Waals surface area contributed by atoms with E-state index in [0.29, 0.717) is 5.02 Å². The molecule has 1 atom stereocenters. The third-order valence-electron chi connectivity index (χ3n) is 3.24. The molecule has 0 heterocycles. The molecule has 0 aromatic heterocycles. The fraction of sp³-hybridized carbons (Fsp3) is 0.250. The van der Waals surface area contributed by atoms with Crippen LogP contribution in [0.5, 0.6) is 0 Å². The summed E-state index contributed by atoms with van der Waals surface area (Å²) >= 11 is 6.01. The van der Waals surface area contributed by atoms with Gasteiger partial charge in [-0.2, -0.15) is 0 Å². The first-order valence-electron chi connectivity index (χ1n) is 6.57. The fourth-order valence-corrected chi connectivity index (χ4v) is 2.34. The Balaban J connectivity index is 2.33. The number of hydrogen-bond donors (Lipinski definition) is 1. The lowest BCUT2D eigenvalue weighted by Crippen LogP contribution is -2.15. The third-order valence-corrected chi connectivity index (χ3v) is 3.47. The van der Waals surface area contributed by atoms with Crippen molar-refractivity contribution in [2.75, 3.05) is 24.3 Å². The smallest absolute Gasteiger partial charge is 0.128 e. The van der Waals surface area contributed by atoms with Crippen molar-refractivity contribution in [3.63, 3.8) is 0 Å². The standard InChI is InChI=1S/C16H17ClF2N2/c1-10(13-9-12(18)5-6-14(13)19)20-15-8-11(17)4-7-16(15)21(2)3/h4-10,20H,1-3H3. The van der Waals surface area contributed by atoms with Crippen molar-refractivity contribution in [3.05, 3.63) is 58.6 Å². The Bertz CT molecular complexity index is 644. The lowest BCUT2D eigenvalue weighted by molar-refractivity contribution is 0.577. The van der Waals surface area contributed by atoms with E-state index in [4.69, 9.17) is 11.6 Å². The SMILES string of the molecule is CC(Nc1cc(Cl)ccc1N(C)C)c1cc(F)ccc1F. The predicted octanol–water partition coefficient (Wildman–Crippen LogP) is 4.86. The van der Waals surface area contributed by atoms with Gasteiger partial charge in [0.15, 0.2) is 0 Å². The normalized spacial score (nSPS) is 12.1. The maximum Gasteiger partial charge on any atom is 0.128 e. The first-order chi connectivity index (χ1) is 9.88. The van der Waals surface area contributed by atoms with Gasteiger partial charge in [0.25, 0.3) is 0 Å². The van der Waals surface area contributed by atoms with Gasteiger partial charge in [0, 0.05) is 24.7 Å². The molecule has 0 radical (unpaired) electrons. The average Bonchev–Trinajstić information content (AvgIpc) is 2.41. The number of anilines is 2. The molecule has 0 amide bonds. The van der Waals surface area contributed by atoms with E-state index >= 15 is 0 Å². The number of nitrogens with one attached hydrogen (secondary N) is 1. The molecule has 0 saturated carbocycles. The molecule has 2 aromatic rings. The lowest BCUT2D eigenvalue weighted by Gasteiger charge is -2.22. The summed E-state index contributed by atoms with van der Waals surface area (Å²) in [6, 6.07) is 8.48. The van der Waals surface area contributed by atoms with E-state index in [2.05, 4.69) is 5.32 Å². The van der Waals surface area contributed by atoms with Gasteiger partial charge < -0.3 is 10.2 Å². The van der Waals surface area contributed by atoms with Crippen molar-refractivity contribution in [3.8, 4) is 0 Å². The van der Waals surface area contributed by atoms with Gasteiger partial charge >= 0.3 is 0 Å². The van der Waals surface area contributed by atoms with Crippen LogP contribution in [0, 0.1) is 11.6 Å². The first kappa shape index (κ1) is 15.6. The summed E-state index contributed by atoms with van der Waals surface area (Å²) in [5.41, 5.74) is 1.96. The fourth-order valence-electron chi connectivity index (χ4n) is 2.17. The summed E-state index contributed by atoms with van der Waals surface area (Å²) in [4.78, 5) is 1.92. The van der Waals surface area contributed by atoms with Crippen molar-refractivity contribution < 1.29 is 8.78 Å². The van der Waals surface area contributed by atoms with E-state index in [9.17, 15) is 8.78 Å². The van der Waals surface area contributed by atoms with E-state index in [1.54, 1.807) is 19.1 Å². The van der Waals surface area contributed by atoms with Crippen molar-refractivity contribution in [1.29, 1.82) is 0 Å². The molecule has 2 rings (SSSR count). The van der Waals surface area contributed by atoms with Crippen LogP contribution in [0.25, 0.3) is 0 Å². The highest BCUT2D eigenvalue weighted by Gasteiger charge is 2.14. The predicted molar refractivity (Wildman–Crippen MR) is 84.2 cm³/mol. The van der Waals surface area contributed by atoms with E-state index in [-0.39, 0.29) is 5.56 Å². The van der Waals surface area contributed by atoms with Crippen LogP contribution in [0.1, 0.15) is 18.5 Å². The molecule has 0 bridgehead atoms. The Morgan fingerprint density at radius 2 is 1.81 bits per heavy atom. The van der Waals surface area contributed by atoms with Crippen LogP contribution >= 0.6 is 11.6 Å². The molecule has 2 aromatic carbocycles. The molecular formula is C16H17ClF2N2. The van der Waals surface area contributed by atoms with Crippen LogP contribution in [0.4, 0.5) is 20.2 Å². The Morgan fingerprint density at radius 1 is 1.10 bits per heavy atom. The van der Waals surface area contributed by atoms with Gasteiger partial charge in [-0.15, -0.1) is 0 Å². The summed E-state index contributed by atoms with van der Waals surface area (Å²) in [7, 11) is 3.81. The van der Waals surface area contributed by atoms with Gasteiger partial charge in [0.2, 0.25) is 0 Å². The number of rotatable bonds is 4. The molecule has 0 aliphatic rings. The summed E-state index contributed by atoms with van der Waals surface area (Å²) in [6.07, 6.45) is 0. The van der Waals surface area contributed by atoms with Gasteiger partial charge in [-0.1, -0.05) is 11.6 Å². The summed E-state index contributed by atoms with van der Waals surface area (Å²) in [6.45, 7) is 1.78. The number of benzene rings is 2. The van der Waals surface area contributed by atoms with Crippen LogP contribution < -0.4 is 10.2 Å². The maximum absolute atomic E-state index is 13.8. The van der Waals surface area contributed by atoms with E-state index in [1.807, 2.05) is 25.1 Å². The average molecular weight is 311 g/mol. The van der Waals surface area contributed by atoms with Gasteiger partial charge in [-0.3, -0.25) is 0 Å². The highest BCUT2D eigenvalue weighted by Crippen LogP contribution is 2.31. The second-order valence-corrected chi connectivity index (χ2v) is 5.52. The molecule has 0 aliphatic carbocycles. The molecule has 1 N–H and O–H groups in total. The minimum atomic E-state index is -0.459. The minimum Gasteiger partial charge on any atom is -0.377 e. The van der Waals surface area contributed by atoms with Gasteiger partial charge in [-0.25, -0.2) is 8.78 Å². The molecule has 0 saturated heterocycles. The van der Waals surface area contributed by atoms with Crippen molar-refractivity contribution >= 4 is 23.0 Å². The summed E-state index contributed by atoms with van der Waals surface area (Å²) < 4.78 is 27.1. The summed E-state index contributed by atoms with van der Waals surface area (Å²) in [5, 5.41) is 3.76. The first-order valence-corrected chi connectivity index (χ1v) is 6.94. The quantitative estimate of drug-likeness (QED) is 0.867. The van der Waals surface area contributed by atoms with Crippen LogP contribution in [0.15, 0.2) is 36.4 Å². The van der Waals surface area contributed by atoms with E-state index < -0.39 is 17.7 Å². The lowest BCUT2D eigenvalue weighted by atomic mass is 10.1. The third kappa shape index (κ3) is 3.64. The van der Waals surface area contributed by atoms with E-state index in [1.165, 1.54) is 6.07 Å². The second-order valence-electron chi connectivity index (χ2n) is 5.09. The largest absolute Gasteiger partial charge is 0.377 e. The van der Waals surface area contributed by atoms with Crippen LogP contribution in [0.2, 0.25) is 5.02 Å². The monoisotopic (exact) mass is 310 g/mol. The zero-order valence-electron chi connectivity index (χ0n) is 12.1. The molecule has 0 spiro atoms.